The number of rotatable bonds is 5. The molecule has 0 saturated carbocycles. The van der Waals surface area contributed by atoms with Crippen molar-refractivity contribution in [1.29, 1.82) is 0 Å². The van der Waals surface area contributed by atoms with E-state index in [2.05, 4.69) is 82.9 Å². The molecule has 0 amide bonds. The molecule has 0 aliphatic heterocycles. The highest BCUT2D eigenvalue weighted by molar-refractivity contribution is 9.10. The summed E-state index contributed by atoms with van der Waals surface area (Å²) in [6.07, 6.45) is 2.11. The molecule has 3 aromatic carbocycles. The van der Waals surface area contributed by atoms with Gasteiger partial charge in [-0.05, 0) is 43.3 Å². The molecule has 0 unspecified atom stereocenters. The van der Waals surface area contributed by atoms with E-state index in [-0.39, 0.29) is 0 Å². The molecule has 1 aromatic heterocycles. The smallest absolute Gasteiger partial charge is 0.0977 e. The zero-order valence-electron chi connectivity index (χ0n) is 15.1. The van der Waals surface area contributed by atoms with Crippen molar-refractivity contribution >= 4 is 21.6 Å². The molecule has 1 N–H and O–H groups in total. The standard InChI is InChI=1S/C23H20BrN3/c1-17-7-9-18(10-8-17)23-19(15-25-21-13-11-20(24)12-14-21)16-27(26-23)22-5-3-2-4-6-22/h2-14,16,25H,15H2,1H3. The molecular formula is C23H20BrN3. The first kappa shape index (κ1) is 17.6. The van der Waals surface area contributed by atoms with Crippen LogP contribution >= 0.6 is 15.9 Å². The van der Waals surface area contributed by atoms with Crippen LogP contribution in [0.1, 0.15) is 11.1 Å². The summed E-state index contributed by atoms with van der Waals surface area (Å²) < 4.78 is 3.03. The van der Waals surface area contributed by atoms with Gasteiger partial charge < -0.3 is 5.32 Å². The van der Waals surface area contributed by atoms with E-state index in [9.17, 15) is 0 Å². The fraction of sp³-hybridized carbons (Fsp3) is 0.0870. The van der Waals surface area contributed by atoms with E-state index < -0.39 is 0 Å². The van der Waals surface area contributed by atoms with Crippen LogP contribution in [0.5, 0.6) is 0 Å². The normalized spacial score (nSPS) is 10.7. The fourth-order valence-corrected chi connectivity index (χ4v) is 3.24. The van der Waals surface area contributed by atoms with Crippen molar-refractivity contribution in [2.75, 3.05) is 5.32 Å². The van der Waals surface area contributed by atoms with Crippen molar-refractivity contribution < 1.29 is 0 Å². The lowest BCUT2D eigenvalue weighted by molar-refractivity contribution is 0.883. The Morgan fingerprint density at radius 1 is 0.889 bits per heavy atom. The molecule has 1 heterocycles. The van der Waals surface area contributed by atoms with Gasteiger partial charge in [0.05, 0.1) is 11.4 Å². The summed E-state index contributed by atoms with van der Waals surface area (Å²) in [5.74, 6) is 0. The van der Waals surface area contributed by atoms with Gasteiger partial charge in [-0.15, -0.1) is 0 Å². The van der Waals surface area contributed by atoms with Crippen LogP contribution in [-0.4, -0.2) is 9.78 Å². The summed E-state index contributed by atoms with van der Waals surface area (Å²) in [6.45, 7) is 2.81. The van der Waals surface area contributed by atoms with Gasteiger partial charge in [0.15, 0.2) is 0 Å². The van der Waals surface area contributed by atoms with E-state index in [0.717, 1.165) is 32.7 Å². The van der Waals surface area contributed by atoms with Gasteiger partial charge in [0.2, 0.25) is 0 Å². The molecular weight excluding hydrogens is 398 g/mol. The number of nitrogens with one attached hydrogen (secondary N) is 1. The molecule has 0 bridgehead atoms. The molecule has 0 spiro atoms. The molecule has 0 aliphatic rings. The van der Waals surface area contributed by atoms with Crippen LogP contribution in [0.2, 0.25) is 0 Å². The van der Waals surface area contributed by atoms with Crippen molar-refractivity contribution in [3.63, 3.8) is 0 Å². The predicted molar refractivity (Wildman–Crippen MR) is 115 cm³/mol. The Labute approximate surface area is 167 Å². The average Bonchev–Trinajstić information content (AvgIpc) is 3.13. The van der Waals surface area contributed by atoms with Crippen LogP contribution < -0.4 is 5.32 Å². The van der Waals surface area contributed by atoms with E-state index in [1.54, 1.807) is 0 Å². The van der Waals surface area contributed by atoms with Gasteiger partial charge in [-0.25, -0.2) is 4.68 Å². The predicted octanol–water partition coefficient (Wildman–Crippen LogP) is 6.22. The minimum Gasteiger partial charge on any atom is -0.381 e. The molecule has 3 nitrogen and oxygen atoms in total. The number of aromatic nitrogens is 2. The Morgan fingerprint density at radius 3 is 2.30 bits per heavy atom. The maximum absolute atomic E-state index is 4.88. The Morgan fingerprint density at radius 2 is 1.59 bits per heavy atom. The summed E-state index contributed by atoms with van der Waals surface area (Å²) in [7, 11) is 0. The van der Waals surface area contributed by atoms with Gasteiger partial charge >= 0.3 is 0 Å². The molecule has 0 saturated heterocycles. The number of aryl methyl sites for hydroxylation is 1. The summed E-state index contributed by atoms with van der Waals surface area (Å²) in [6, 6.07) is 26.9. The molecule has 27 heavy (non-hydrogen) atoms. The third kappa shape index (κ3) is 4.12. The number of halogens is 1. The third-order valence-electron chi connectivity index (χ3n) is 4.46. The molecule has 4 heteroatoms. The number of para-hydroxylation sites is 1. The van der Waals surface area contributed by atoms with Gasteiger partial charge in [-0.3, -0.25) is 0 Å². The highest BCUT2D eigenvalue weighted by Crippen LogP contribution is 2.25. The maximum Gasteiger partial charge on any atom is 0.0977 e. The number of nitrogens with zero attached hydrogens (tertiary/aromatic N) is 2. The molecule has 0 aliphatic carbocycles. The Hall–Kier alpha value is -2.85. The number of hydrogen-bond donors (Lipinski definition) is 1. The highest BCUT2D eigenvalue weighted by atomic mass is 79.9. The lowest BCUT2D eigenvalue weighted by Crippen LogP contribution is -1.99. The van der Waals surface area contributed by atoms with Gasteiger partial charge in [-0.2, -0.15) is 5.10 Å². The van der Waals surface area contributed by atoms with E-state index >= 15 is 0 Å². The first-order valence-corrected chi connectivity index (χ1v) is 9.69. The van der Waals surface area contributed by atoms with Crippen molar-refractivity contribution in [2.24, 2.45) is 0 Å². The Balaban J connectivity index is 1.68. The monoisotopic (exact) mass is 417 g/mol. The van der Waals surface area contributed by atoms with Crippen LogP contribution in [-0.2, 0) is 6.54 Å². The van der Waals surface area contributed by atoms with Crippen molar-refractivity contribution in [3.8, 4) is 16.9 Å². The lowest BCUT2D eigenvalue weighted by atomic mass is 10.1. The molecule has 134 valence electrons. The van der Waals surface area contributed by atoms with Crippen molar-refractivity contribution in [2.45, 2.75) is 13.5 Å². The summed E-state index contributed by atoms with van der Waals surface area (Å²) in [4.78, 5) is 0. The number of hydrogen-bond acceptors (Lipinski definition) is 2. The van der Waals surface area contributed by atoms with E-state index in [1.807, 2.05) is 35.0 Å². The van der Waals surface area contributed by atoms with E-state index in [1.165, 1.54) is 5.56 Å². The van der Waals surface area contributed by atoms with Gasteiger partial charge in [0, 0.05) is 34.0 Å². The average molecular weight is 418 g/mol. The molecule has 0 radical (unpaired) electrons. The Kier molecular flexibility index (Phi) is 5.07. The SMILES string of the molecule is Cc1ccc(-c2nn(-c3ccccc3)cc2CNc2ccc(Br)cc2)cc1. The fourth-order valence-electron chi connectivity index (χ4n) is 2.97. The van der Waals surface area contributed by atoms with Gasteiger partial charge in [0.1, 0.15) is 0 Å². The first-order chi connectivity index (χ1) is 13.2. The largest absolute Gasteiger partial charge is 0.381 e. The number of benzene rings is 3. The lowest BCUT2D eigenvalue weighted by Gasteiger charge is -2.07. The summed E-state index contributed by atoms with van der Waals surface area (Å²) >= 11 is 3.48. The maximum atomic E-state index is 4.88. The second kappa shape index (κ2) is 7.80. The van der Waals surface area contributed by atoms with Crippen molar-refractivity contribution in [3.05, 3.63) is 101 Å². The molecule has 0 fully saturated rings. The summed E-state index contributed by atoms with van der Waals surface area (Å²) in [5, 5.41) is 8.38. The topological polar surface area (TPSA) is 29.9 Å². The third-order valence-corrected chi connectivity index (χ3v) is 4.99. The van der Waals surface area contributed by atoms with E-state index in [0.29, 0.717) is 6.54 Å². The van der Waals surface area contributed by atoms with Crippen LogP contribution in [0, 0.1) is 6.92 Å². The molecule has 4 aromatic rings. The summed E-state index contributed by atoms with van der Waals surface area (Å²) in [5.41, 5.74) is 6.68. The van der Waals surface area contributed by atoms with Crippen LogP contribution in [0.3, 0.4) is 0 Å². The van der Waals surface area contributed by atoms with Crippen LogP contribution in [0.25, 0.3) is 16.9 Å². The molecule has 0 atom stereocenters. The van der Waals surface area contributed by atoms with Crippen LogP contribution in [0.4, 0.5) is 5.69 Å². The van der Waals surface area contributed by atoms with Crippen molar-refractivity contribution in [1.82, 2.24) is 9.78 Å². The Bertz CT molecular complexity index is 1020. The van der Waals surface area contributed by atoms with E-state index in [4.69, 9.17) is 5.10 Å². The van der Waals surface area contributed by atoms with Gasteiger partial charge in [0.25, 0.3) is 0 Å². The zero-order valence-corrected chi connectivity index (χ0v) is 16.6. The quantitative estimate of drug-likeness (QED) is 0.417. The number of anilines is 1. The second-order valence-electron chi connectivity index (χ2n) is 6.51. The zero-order chi connectivity index (χ0) is 18.6. The minimum atomic E-state index is 0.706. The van der Waals surface area contributed by atoms with Crippen LogP contribution in [0.15, 0.2) is 89.5 Å². The first-order valence-electron chi connectivity index (χ1n) is 8.89. The van der Waals surface area contributed by atoms with Gasteiger partial charge in [-0.1, -0.05) is 64.0 Å². The minimum absolute atomic E-state index is 0.706. The molecule has 4 rings (SSSR count). The second-order valence-corrected chi connectivity index (χ2v) is 7.43. The highest BCUT2D eigenvalue weighted by Gasteiger charge is 2.12.